The lowest BCUT2D eigenvalue weighted by molar-refractivity contribution is 0.152. The molecule has 0 amide bonds. The van der Waals surface area contributed by atoms with Crippen LogP contribution >= 0.6 is 15.9 Å². The fraction of sp³-hybridized carbons (Fsp3) is 0.273. The van der Waals surface area contributed by atoms with Crippen molar-refractivity contribution < 1.29 is 14.4 Å². The highest BCUT2D eigenvalue weighted by molar-refractivity contribution is 9.10. The summed E-state index contributed by atoms with van der Waals surface area (Å²) in [6.07, 6.45) is -0.766. The zero-order valence-electron chi connectivity index (χ0n) is 9.35. The number of hydrogen-bond donors (Lipinski definition) is 1. The molecule has 1 heterocycles. The molecule has 1 unspecified atom stereocenters. The van der Waals surface area contributed by atoms with Crippen LogP contribution in [0.2, 0.25) is 0 Å². The van der Waals surface area contributed by atoms with Crippen LogP contribution in [0.3, 0.4) is 0 Å². The van der Waals surface area contributed by atoms with Crippen molar-refractivity contribution in [2.45, 2.75) is 13.0 Å². The van der Waals surface area contributed by atoms with E-state index in [0.29, 0.717) is 5.82 Å². The Kier molecular flexibility index (Phi) is 3.44. The Morgan fingerprint density at radius 2 is 2.24 bits per heavy atom. The number of aliphatic hydroxyl groups is 1. The molecule has 0 aliphatic carbocycles. The van der Waals surface area contributed by atoms with Crippen LogP contribution in [0.5, 0.6) is 5.75 Å². The first kappa shape index (κ1) is 12.1. The van der Waals surface area contributed by atoms with Gasteiger partial charge >= 0.3 is 0 Å². The maximum absolute atomic E-state index is 9.30. The predicted molar refractivity (Wildman–Crippen MR) is 64.6 cm³/mol. The number of halogens is 1. The number of nitrogens with zero attached hydrogens (tertiary/aromatic N) is 2. The highest BCUT2D eigenvalue weighted by Crippen LogP contribution is 2.29. The van der Waals surface area contributed by atoms with Crippen LogP contribution in [0.1, 0.15) is 18.9 Å². The third kappa shape index (κ3) is 2.48. The van der Waals surface area contributed by atoms with E-state index in [-0.39, 0.29) is 5.89 Å². The van der Waals surface area contributed by atoms with Crippen molar-refractivity contribution in [1.29, 1.82) is 0 Å². The first-order chi connectivity index (χ1) is 8.11. The molecule has 0 bridgehead atoms. The van der Waals surface area contributed by atoms with Gasteiger partial charge in [0.2, 0.25) is 5.82 Å². The van der Waals surface area contributed by atoms with Gasteiger partial charge < -0.3 is 14.4 Å². The molecule has 1 atom stereocenters. The molecule has 1 aromatic heterocycles. The van der Waals surface area contributed by atoms with Crippen molar-refractivity contribution in [3.05, 3.63) is 28.6 Å². The molecule has 2 rings (SSSR count). The summed E-state index contributed by atoms with van der Waals surface area (Å²) in [5.41, 5.74) is 0.785. The Bertz CT molecular complexity index is 525. The SMILES string of the molecule is COc1ccc(-c2noc(C(C)O)n2)cc1Br. The molecule has 17 heavy (non-hydrogen) atoms. The van der Waals surface area contributed by atoms with E-state index in [0.717, 1.165) is 15.8 Å². The number of aromatic nitrogens is 2. The van der Waals surface area contributed by atoms with Gasteiger partial charge in [-0.3, -0.25) is 0 Å². The van der Waals surface area contributed by atoms with Crippen LogP contribution in [0.15, 0.2) is 27.2 Å². The molecule has 0 saturated heterocycles. The van der Waals surface area contributed by atoms with Crippen LogP contribution in [0.25, 0.3) is 11.4 Å². The van der Waals surface area contributed by atoms with E-state index in [2.05, 4.69) is 26.1 Å². The molecule has 6 heteroatoms. The summed E-state index contributed by atoms with van der Waals surface area (Å²) in [6.45, 7) is 1.57. The molecule has 0 fully saturated rings. The quantitative estimate of drug-likeness (QED) is 0.943. The lowest BCUT2D eigenvalue weighted by Crippen LogP contribution is -1.90. The number of rotatable bonds is 3. The Labute approximate surface area is 107 Å². The van der Waals surface area contributed by atoms with Crippen molar-refractivity contribution in [1.82, 2.24) is 10.1 Å². The minimum atomic E-state index is -0.766. The first-order valence-electron chi connectivity index (χ1n) is 4.97. The topological polar surface area (TPSA) is 68.4 Å². The van der Waals surface area contributed by atoms with Gasteiger partial charge in [0.1, 0.15) is 11.9 Å². The van der Waals surface area contributed by atoms with Gasteiger partial charge in [0.15, 0.2) is 0 Å². The predicted octanol–water partition coefficient (Wildman–Crippen LogP) is 2.56. The van der Waals surface area contributed by atoms with Crippen LogP contribution in [0.4, 0.5) is 0 Å². The molecule has 0 aliphatic rings. The van der Waals surface area contributed by atoms with Crippen LogP contribution in [-0.2, 0) is 0 Å². The van der Waals surface area contributed by atoms with Crippen LogP contribution < -0.4 is 4.74 Å². The highest BCUT2D eigenvalue weighted by Gasteiger charge is 2.13. The molecule has 0 radical (unpaired) electrons. The molecule has 2 aromatic rings. The van der Waals surface area contributed by atoms with Crippen LogP contribution in [0, 0.1) is 0 Å². The molecule has 0 spiro atoms. The van der Waals surface area contributed by atoms with Gasteiger partial charge in [-0.1, -0.05) is 5.16 Å². The Hall–Kier alpha value is -1.40. The summed E-state index contributed by atoms with van der Waals surface area (Å²) in [5, 5.41) is 13.1. The smallest absolute Gasteiger partial charge is 0.255 e. The van der Waals surface area contributed by atoms with E-state index in [9.17, 15) is 5.11 Å². The lowest BCUT2D eigenvalue weighted by Gasteiger charge is -2.03. The fourth-order valence-electron chi connectivity index (χ4n) is 1.33. The van der Waals surface area contributed by atoms with Crippen molar-refractivity contribution in [3.8, 4) is 17.1 Å². The molecule has 0 aliphatic heterocycles. The number of ether oxygens (including phenoxy) is 1. The standard InChI is InChI=1S/C11H11BrN2O3/c1-6(15)11-13-10(14-17-11)7-3-4-9(16-2)8(12)5-7/h3-6,15H,1-2H3. The Balaban J connectivity index is 2.36. The van der Waals surface area contributed by atoms with Gasteiger partial charge in [-0.15, -0.1) is 0 Å². The Morgan fingerprint density at radius 1 is 1.47 bits per heavy atom. The van der Waals surface area contributed by atoms with Gasteiger partial charge in [0.05, 0.1) is 11.6 Å². The minimum Gasteiger partial charge on any atom is -0.496 e. The normalized spacial score (nSPS) is 12.5. The maximum atomic E-state index is 9.30. The van der Waals surface area contributed by atoms with Crippen molar-refractivity contribution in [2.75, 3.05) is 7.11 Å². The van der Waals surface area contributed by atoms with Gasteiger partial charge in [-0.05, 0) is 41.1 Å². The Morgan fingerprint density at radius 3 is 2.76 bits per heavy atom. The zero-order chi connectivity index (χ0) is 12.4. The summed E-state index contributed by atoms with van der Waals surface area (Å²) >= 11 is 3.38. The van der Waals surface area contributed by atoms with E-state index < -0.39 is 6.10 Å². The minimum absolute atomic E-state index is 0.201. The van der Waals surface area contributed by atoms with E-state index in [4.69, 9.17) is 9.26 Å². The van der Waals surface area contributed by atoms with Gasteiger partial charge in [-0.2, -0.15) is 4.98 Å². The largest absolute Gasteiger partial charge is 0.496 e. The highest BCUT2D eigenvalue weighted by atomic mass is 79.9. The number of aliphatic hydroxyl groups excluding tert-OH is 1. The molecule has 5 nitrogen and oxygen atoms in total. The molecular weight excluding hydrogens is 288 g/mol. The van der Waals surface area contributed by atoms with E-state index in [1.807, 2.05) is 12.1 Å². The zero-order valence-corrected chi connectivity index (χ0v) is 10.9. The van der Waals surface area contributed by atoms with E-state index in [1.54, 1.807) is 20.1 Å². The lowest BCUT2D eigenvalue weighted by atomic mass is 10.2. The molecular formula is C11H11BrN2O3. The van der Waals surface area contributed by atoms with Crippen molar-refractivity contribution >= 4 is 15.9 Å². The second kappa shape index (κ2) is 4.85. The maximum Gasteiger partial charge on any atom is 0.255 e. The summed E-state index contributed by atoms with van der Waals surface area (Å²) in [7, 11) is 1.60. The summed E-state index contributed by atoms with van der Waals surface area (Å²) < 4.78 is 10.9. The number of benzene rings is 1. The second-order valence-electron chi connectivity index (χ2n) is 3.48. The van der Waals surface area contributed by atoms with Crippen molar-refractivity contribution in [3.63, 3.8) is 0 Å². The fourth-order valence-corrected chi connectivity index (χ4v) is 1.87. The summed E-state index contributed by atoms with van der Waals surface area (Å²) in [6, 6.07) is 5.45. The monoisotopic (exact) mass is 298 g/mol. The van der Waals surface area contributed by atoms with Crippen LogP contribution in [-0.4, -0.2) is 22.4 Å². The van der Waals surface area contributed by atoms with Gasteiger partial charge in [-0.25, -0.2) is 0 Å². The van der Waals surface area contributed by atoms with Crippen molar-refractivity contribution in [2.24, 2.45) is 0 Å². The van der Waals surface area contributed by atoms with E-state index in [1.165, 1.54) is 0 Å². The third-order valence-corrected chi connectivity index (χ3v) is 2.83. The average Bonchev–Trinajstić information content (AvgIpc) is 2.78. The number of methoxy groups -OCH3 is 1. The van der Waals surface area contributed by atoms with Gasteiger partial charge in [0.25, 0.3) is 5.89 Å². The molecule has 1 aromatic carbocycles. The third-order valence-electron chi connectivity index (χ3n) is 2.21. The first-order valence-corrected chi connectivity index (χ1v) is 5.76. The molecule has 1 N–H and O–H groups in total. The van der Waals surface area contributed by atoms with E-state index >= 15 is 0 Å². The van der Waals surface area contributed by atoms with Gasteiger partial charge in [0, 0.05) is 5.56 Å². The average molecular weight is 299 g/mol. The number of hydrogen-bond acceptors (Lipinski definition) is 5. The molecule has 0 saturated carbocycles. The summed E-state index contributed by atoms with van der Waals surface area (Å²) in [5.74, 6) is 1.36. The second-order valence-corrected chi connectivity index (χ2v) is 4.34. The summed E-state index contributed by atoms with van der Waals surface area (Å²) in [4.78, 5) is 4.09. The molecule has 90 valence electrons.